The molecule has 0 atom stereocenters. The highest BCUT2D eigenvalue weighted by molar-refractivity contribution is 6.35. The van der Waals surface area contributed by atoms with Crippen LogP contribution < -0.4 is 10.2 Å². The van der Waals surface area contributed by atoms with E-state index in [2.05, 4.69) is 10.3 Å². The Morgan fingerprint density at radius 3 is 2.48 bits per heavy atom. The highest BCUT2D eigenvalue weighted by Gasteiger charge is 2.38. The van der Waals surface area contributed by atoms with Crippen molar-refractivity contribution in [2.45, 2.75) is 20.8 Å². The van der Waals surface area contributed by atoms with Gasteiger partial charge in [0.25, 0.3) is 17.7 Å². The fourth-order valence-corrected chi connectivity index (χ4v) is 3.61. The van der Waals surface area contributed by atoms with Crippen LogP contribution in [0.3, 0.4) is 0 Å². The molecule has 1 aromatic heterocycles. The highest BCUT2D eigenvalue weighted by atomic mass is 16.5. The topological polar surface area (TPSA) is 106 Å². The largest absolute Gasteiger partial charge is 0.462 e. The minimum atomic E-state index is -0.531. The number of anilines is 2. The smallest absolute Gasteiger partial charge is 0.338 e. The number of carbonyl (C=O) groups excluding carboxylic acids is 4. The zero-order chi connectivity index (χ0) is 23.7. The number of hydrogen-bond acceptors (Lipinski definition) is 6. The Morgan fingerprint density at radius 2 is 1.73 bits per heavy atom. The first-order chi connectivity index (χ1) is 15.8. The molecule has 0 radical (unpaired) electrons. The normalized spacial score (nSPS) is 12.5. The first-order valence-corrected chi connectivity index (χ1v) is 10.4. The Morgan fingerprint density at radius 1 is 0.970 bits per heavy atom. The van der Waals surface area contributed by atoms with Gasteiger partial charge in [-0.2, -0.15) is 0 Å². The quantitative estimate of drug-likeness (QED) is 0.473. The van der Waals surface area contributed by atoms with Gasteiger partial charge >= 0.3 is 5.97 Å². The van der Waals surface area contributed by atoms with Crippen LogP contribution in [0.15, 0.2) is 54.7 Å². The summed E-state index contributed by atoms with van der Waals surface area (Å²) in [4.78, 5) is 55.9. The molecular weight excluding hydrogens is 422 g/mol. The van der Waals surface area contributed by atoms with Gasteiger partial charge in [0.05, 0.1) is 29.0 Å². The summed E-state index contributed by atoms with van der Waals surface area (Å²) in [5.74, 6) is -1.81. The Labute approximate surface area is 190 Å². The minimum absolute atomic E-state index is 0.154. The fourth-order valence-electron chi connectivity index (χ4n) is 3.61. The summed E-state index contributed by atoms with van der Waals surface area (Å²) in [5.41, 5.74) is 3.13. The molecule has 0 unspecified atom stereocenters. The molecule has 8 nitrogen and oxygen atoms in total. The lowest BCUT2D eigenvalue weighted by Gasteiger charge is -2.17. The van der Waals surface area contributed by atoms with Gasteiger partial charge in [0, 0.05) is 11.8 Å². The van der Waals surface area contributed by atoms with Crippen LogP contribution in [0.4, 0.5) is 11.5 Å². The second-order valence-electron chi connectivity index (χ2n) is 7.53. The minimum Gasteiger partial charge on any atom is -0.462 e. The summed E-state index contributed by atoms with van der Waals surface area (Å²) >= 11 is 0. The van der Waals surface area contributed by atoms with Crippen molar-refractivity contribution >= 4 is 35.2 Å². The van der Waals surface area contributed by atoms with Crippen LogP contribution in [0.25, 0.3) is 0 Å². The molecule has 2 heterocycles. The molecule has 8 heteroatoms. The molecule has 0 saturated carbocycles. The van der Waals surface area contributed by atoms with Crippen molar-refractivity contribution in [1.29, 1.82) is 0 Å². The van der Waals surface area contributed by atoms with Crippen LogP contribution in [-0.4, -0.2) is 35.3 Å². The van der Waals surface area contributed by atoms with Crippen LogP contribution in [-0.2, 0) is 4.74 Å². The number of aromatic nitrogens is 1. The third kappa shape index (κ3) is 3.98. The van der Waals surface area contributed by atoms with E-state index in [1.54, 1.807) is 19.1 Å². The first-order valence-electron chi connectivity index (χ1n) is 10.4. The van der Waals surface area contributed by atoms with Crippen molar-refractivity contribution in [3.63, 3.8) is 0 Å². The van der Waals surface area contributed by atoms with E-state index in [-0.39, 0.29) is 34.7 Å². The lowest BCUT2D eigenvalue weighted by atomic mass is 10.1. The van der Waals surface area contributed by atoms with E-state index in [1.165, 1.54) is 36.5 Å². The highest BCUT2D eigenvalue weighted by Crippen LogP contribution is 2.32. The maximum absolute atomic E-state index is 13.1. The van der Waals surface area contributed by atoms with Crippen LogP contribution in [0.1, 0.15) is 59.5 Å². The third-order valence-corrected chi connectivity index (χ3v) is 5.48. The molecule has 33 heavy (non-hydrogen) atoms. The monoisotopic (exact) mass is 443 g/mol. The van der Waals surface area contributed by atoms with Gasteiger partial charge < -0.3 is 10.1 Å². The summed E-state index contributed by atoms with van der Waals surface area (Å²) in [7, 11) is 0. The average molecular weight is 443 g/mol. The van der Waals surface area contributed by atoms with Gasteiger partial charge in [-0.25, -0.2) is 14.7 Å². The number of hydrogen-bond donors (Lipinski definition) is 1. The number of amides is 3. The van der Waals surface area contributed by atoms with E-state index in [0.717, 1.165) is 16.0 Å². The number of aryl methyl sites for hydroxylation is 1. The maximum atomic E-state index is 13.1. The molecule has 1 aliphatic rings. The molecule has 4 rings (SSSR count). The lowest BCUT2D eigenvalue weighted by molar-refractivity contribution is 0.0525. The van der Waals surface area contributed by atoms with Crippen molar-refractivity contribution in [1.82, 2.24) is 4.98 Å². The van der Waals surface area contributed by atoms with E-state index in [1.807, 2.05) is 19.9 Å². The summed E-state index contributed by atoms with van der Waals surface area (Å²) < 4.78 is 4.95. The summed E-state index contributed by atoms with van der Waals surface area (Å²) in [5, 5.41) is 2.60. The maximum Gasteiger partial charge on any atom is 0.338 e. The first kappa shape index (κ1) is 21.9. The van der Waals surface area contributed by atoms with Gasteiger partial charge in [0.1, 0.15) is 5.82 Å². The van der Waals surface area contributed by atoms with E-state index in [4.69, 9.17) is 4.74 Å². The number of esters is 1. The second-order valence-corrected chi connectivity index (χ2v) is 7.53. The Bertz CT molecular complexity index is 1320. The molecule has 0 saturated heterocycles. The molecule has 2 aromatic carbocycles. The SMILES string of the molecule is CCOC(=O)c1ccnc(NC(=O)c2ccc3c(c2)C(=O)N(c2cccc(C)c2C)C3=O)c1. The van der Waals surface area contributed by atoms with Gasteiger partial charge in [0.2, 0.25) is 0 Å². The van der Waals surface area contributed by atoms with Crippen molar-refractivity contribution in [2.75, 3.05) is 16.8 Å². The molecule has 0 aliphatic carbocycles. The predicted octanol–water partition coefficient (Wildman–Crippen LogP) is 3.93. The predicted molar refractivity (Wildman–Crippen MR) is 122 cm³/mol. The van der Waals surface area contributed by atoms with Gasteiger partial charge in [-0.05, 0) is 68.3 Å². The average Bonchev–Trinajstić information content (AvgIpc) is 3.05. The molecule has 1 aliphatic heterocycles. The Hall–Kier alpha value is -4.33. The molecular formula is C25H21N3O5. The summed E-state index contributed by atoms with van der Waals surface area (Å²) in [6.45, 7) is 5.68. The van der Waals surface area contributed by atoms with Crippen molar-refractivity contribution in [3.8, 4) is 0 Å². The molecule has 1 N–H and O–H groups in total. The van der Waals surface area contributed by atoms with Crippen molar-refractivity contribution in [3.05, 3.63) is 88.1 Å². The molecule has 0 spiro atoms. The molecule has 166 valence electrons. The Balaban J connectivity index is 1.60. The number of ether oxygens (including phenoxy) is 1. The molecule has 3 aromatic rings. The summed E-state index contributed by atoms with van der Waals surface area (Å²) in [6, 6.07) is 12.6. The van der Waals surface area contributed by atoms with Crippen LogP contribution in [0.5, 0.6) is 0 Å². The third-order valence-electron chi connectivity index (χ3n) is 5.48. The van der Waals surface area contributed by atoms with Gasteiger partial charge in [-0.15, -0.1) is 0 Å². The van der Waals surface area contributed by atoms with Crippen molar-refractivity contribution in [2.24, 2.45) is 0 Å². The van der Waals surface area contributed by atoms with Crippen LogP contribution >= 0.6 is 0 Å². The molecule has 0 fully saturated rings. The Kier molecular flexibility index (Phi) is 5.74. The van der Waals surface area contributed by atoms with Crippen molar-refractivity contribution < 1.29 is 23.9 Å². The number of pyridine rings is 1. The van der Waals surface area contributed by atoms with E-state index in [9.17, 15) is 19.2 Å². The van der Waals surface area contributed by atoms with E-state index in [0.29, 0.717) is 5.69 Å². The molecule has 0 bridgehead atoms. The number of carbonyl (C=O) groups is 4. The number of imide groups is 1. The summed E-state index contributed by atoms with van der Waals surface area (Å²) in [6.07, 6.45) is 1.38. The second kappa shape index (κ2) is 8.66. The molecule has 3 amide bonds. The zero-order valence-corrected chi connectivity index (χ0v) is 18.3. The number of nitrogens with one attached hydrogen (secondary N) is 1. The van der Waals surface area contributed by atoms with Crippen LogP contribution in [0, 0.1) is 13.8 Å². The van der Waals surface area contributed by atoms with Gasteiger partial charge in [-0.1, -0.05) is 12.1 Å². The zero-order valence-electron chi connectivity index (χ0n) is 18.3. The fraction of sp³-hybridized carbons (Fsp3) is 0.160. The van der Waals surface area contributed by atoms with Crippen LogP contribution in [0.2, 0.25) is 0 Å². The van der Waals surface area contributed by atoms with Gasteiger partial charge in [0.15, 0.2) is 0 Å². The number of rotatable bonds is 5. The lowest BCUT2D eigenvalue weighted by Crippen LogP contribution is -2.30. The number of nitrogens with zero attached hydrogens (tertiary/aromatic N) is 2. The van der Waals surface area contributed by atoms with E-state index < -0.39 is 23.7 Å². The van der Waals surface area contributed by atoms with E-state index >= 15 is 0 Å². The standard InChI is InChI=1S/C25H21N3O5/c1-4-33-25(32)17-10-11-26-21(13-17)27-22(29)16-8-9-18-19(12-16)24(31)28(23(18)30)20-7-5-6-14(2)15(20)3/h5-13H,4H2,1-3H3,(H,26,27,29). The van der Waals surface area contributed by atoms with Gasteiger partial charge in [-0.3, -0.25) is 14.4 Å². The number of fused-ring (bicyclic) bond motifs is 1. The number of benzene rings is 2.